The smallest absolute Gasteiger partial charge is 0.264 e. The number of nitrogens with one attached hydrogen (secondary N) is 1. The maximum atomic E-state index is 10.6. The Morgan fingerprint density at radius 1 is 1.10 bits per heavy atom. The van der Waals surface area contributed by atoms with E-state index in [1.807, 2.05) is 6.07 Å². The van der Waals surface area contributed by atoms with Gasteiger partial charge in [-0.05, 0) is 24.3 Å². The Kier molecular flexibility index (Phi) is 2.92. The Bertz CT molecular complexity index is 737. The molecule has 20 heavy (non-hydrogen) atoms. The summed E-state index contributed by atoms with van der Waals surface area (Å²) in [6.07, 6.45) is 3.34. The Labute approximate surface area is 113 Å². The number of hydrogen-bond acceptors (Lipinski definition) is 5. The molecule has 0 aliphatic carbocycles. The van der Waals surface area contributed by atoms with Gasteiger partial charge in [-0.3, -0.25) is 20.2 Å². The summed E-state index contributed by atoms with van der Waals surface area (Å²) in [6, 6.07) is 9.79. The first-order valence-electron chi connectivity index (χ1n) is 5.81. The highest BCUT2D eigenvalue weighted by Gasteiger charge is 2.09. The largest absolute Gasteiger partial charge is 0.269 e. The maximum absolute atomic E-state index is 10.6. The van der Waals surface area contributed by atoms with E-state index < -0.39 is 4.92 Å². The van der Waals surface area contributed by atoms with Crippen molar-refractivity contribution in [1.82, 2.24) is 20.2 Å². The van der Waals surface area contributed by atoms with Crippen LogP contribution in [-0.2, 0) is 0 Å². The highest BCUT2D eigenvalue weighted by atomic mass is 16.6. The second-order valence-corrected chi connectivity index (χ2v) is 4.05. The van der Waals surface area contributed by atoms with E-state index in [9.17, 15) is 10.1 Å². The molecule has 0 aliphatic heterocycles. The number of aromatic amines is 1. The molecule has 98 valence electrons. The van der Waals surface area contributed by atoms with Crippen molar-refractivity contribution in [2.75, 3.05) is 0 Å². The minimum atomic E-state index is -0.439. The quantitative estimate of drug-likeness (QED) is 0.580. The van der Waals surface area contributed by atoms with Crippen molar-refractivity contribution in [2.45, 2.75) is 0 Å². The summed E-state index contributed by atoms with van der Waals surface area (Å²) in [4.78, 5) is 18.5. The van der Waals surface area contributed by atoms with E-state index >= 15 is 0 Å². The Hall–Kier alpha value is -3.09. The molecule has 1 N–H and O–H groups in total. The first-order valence-corrected chi connectivity index (χ1v) is 5.81. The molecule has 0 amide bonds. The molecule has 0 atom stereocenters. The third-order valence-electron chi connectivity index (χ3n) is 2.76. The van der Waals surface area contributed by atoms with Crippen molar-refractivity contribution in [1.29, 1.82) is 0 Å². The summed E-state index contributed by atoms with van der Waals surface area (Å²) < 4.78 is 0. The molecule has 3 rings (SSSR count). The lowest BCUT2D eigenvalue weighted by Crippen LogP contribution is -1.87. The van der Waals surface area contributed by atoms with Crippen molar-refractivity contribution in [2.24, 2.45) is 0 Å². The summed E-state index contributed by atoms with van der Waals surface area (Å²) in [5, 5.41) is 17.5. The number of nitro benzene ring substituents is 1. The van der Waals surface area contributed by atoms with Crippen LogP contribution in [-0.4, -0.2) is 25.1 Å². The average Bonchev–Trinajstić information content (AvgIpc) is 2.98. The van der Waals surface area contributed by atoms with Crippen LogP contribution in [0.3, 0.4) is 0 Å². The molecule has 0 spiro atoms. The fourth-order valence-corrected chi connectivity index (χ4v) is 1.76. The first-order chi connectivity index (χ1) is 9.74. The standard InChI is InChI=1S/C13H9N5O2/c19-18(20)11-5-3-9(4-6-11)12-15-13(17-16-12)10-2-1-7-14-8-10/h1-8H,(H,15,16,17). The van der Waals surface area contributed by atoms with E-state index in [2.05, 4.69) is 20.2 Å². The summed E-state index contributed by atoms with van der Waals surface area (Å²) in [6.45, 7) is 0. The molecule has 7 heteroatoms. The third-order valence-corrected chi connectivity index (χ3v) is 2.76. The molecular formula is C13H9N5O2. The van der Waals surface area contributed by atoms with Crippen molar-refractivity contribution >= 4 is 5.69 Å². The van der Waals surface area contributed by atoms with E-state index in [1.54, 1.807) is 30.6 Å². The van der Waals surface area contributed by atoms with Crippen LogP contribution in [0.2, 0.25) is 0 Å². The number of nitrogens with zero attached hydrogens (tertiary/aromatic N) is 4. The Balaban J connectivity index is 1.92. The van der Waals surface area contributed by atoms with Gasteiger partial charge in [0.25, 0.3) is 5.69 Å². The SMILES string of the molecule is O=[N+]([O-])c1ccc(-c2nc(-c3cccnc3)n[nH]2)cc1. The lowest BCUT2D eigenvalue weighted by Gasteiger charge is -1.95. The number of H-pyrrole nitrogens is 1. The van der Waals surface area contributed by atoms with Gasteiger partial charge in [-0.25, -0.2) is 4.98 Å². The lowest BCUT2D eigenvalue weighted by molar-refractivity contribution is -0.384. The van der Waals surface area contributed by atoms with E-state index in [0.717, 1.165) is 11.1 Å². The molecule has 3 aromatic rings. The topological polar surface area (TPSA) is 97.6 Å². The number of benzene rings is 1. The van der Waals surface area contributed by atoms with Crippen molar-refractivity contribution in [3.05, 3.63) is 58.9 Å². The molecular weight excluding hydrogens is 258 g/mol. The zero-order valence-corrected chi connectivity index (χ0v) is 10.2. The van der Waals surface area contributed by atoms with Gasteiger partial charge >= 0.3 is 0 Å². The van der Waals surface area contributed by atoms with Crippen molar-refractivity contribution < 1.29 is 4.92 Å². The van der Waals surface area contributed by atoms with Gasteiger partial charge in [0.05, 0.1) is 4.92 Å². The van der Waals surface area contributed by atoms with Crippen LogP contribution in [0.5, 0.6) is 0 Å². The molecule has 0 unspecified atom stereocenters. The minimum Gasteiger partial charge on any atom is -0.264 e. The van der Waals surface area contributed by atoms with E-state index in [1.165, 1.54) is 12.1 Å². The van der Waals surface area contributed by atoms with Gasteiger partial charge in [-0.15, -0.1) is 0 Å². The maximum Gasteiger partial charge on any atom is 0.269 e. The molecule has 0 saturated heterocycles. The van der Waals surface area contributed by atoms with Gasteiger partial charge in [-0.1, -0.05) is 0 Å². The molecule has 2 heterocycles. The van der Waals surface area contributed by atoms with Gasteiger partial charge in [0.2, 0.25) is 0 Å². The number of nitro groups is 1. The van der Waals surface area contributed by atoms with Crippen LogP contribution in [0.25, 0.3) is 22.8 Å². The summed E-state index contributed by atoms with van der Waals surface area (Å²) in [5.74, 6) is 1.09. The average molecular weight is 267 g/mol. The molecule has 0 bridgehead atoms. The van der Waals surface area contributed by atoms with Gasteiger partial charge in [-0.2, -0.15) is 5.10 Å². The van der Waals surface area contributed by atoms with E-state index in [0.29, 0.717) is 11.6 Å². The van der Waals surface area contributed by atoms with Gasteiger partial charge < -0.3 is 0 Å². The normalized spacial score (nSPS) is 10.4. The lowest BCUT2D eigenvalue weighted by atomic mass is 10.2. The predicted molar refractivity (Wildman–Crippen MR) is 71.7 cm³/mol. The van der Waals surface area contributed by atoms with Crippen LogP contribution in [0.15, 0.2) is 48.8 Å². The second kappa shape index (κ2) is 4.88. The second-order valence-electron chi connectivity index (χ2n) is 4.05. The summed E-state index contributed by atoms with van der Waals surface area (Å²) in [5.41, 5.74) is 1.58. The number of aromatic nitrogens is 4. The summed E-state index contributed by atoms with van der Waals surface area (Å²) >= 11 is 0. The third kappa shape index (κ3) is 2.24. The van der Waals surface area contributed by atoms with Gasteiger partial charge in [0, 0.05) is 35.7 Å². The zero-order chi connectivity index (χ0) is 13.9. The monoisotopic (exact) mass is 267 g/mol. The first kappa shape index (κ1) is 12.0. The van der Waals surface area contributed by atoms with Crippen molar-refractivity contribution in [3.63, 3.8) is 0 Å². The van der Waals surface area contributed by atoms with E-state index in [-0.39, 0.29) is 5.69 Å². The fourth-order valence-electron chi connectivity index (χ4n) is 1.76. The van der Waals surface area contributed by atoms with Crippen LogP contribution < -0.4 is 0 Å². The summed E-state index contributed by atoms with van der Waals surface area (Å²) in [7, 11) is 0. The van der Waals surface area contributed by atoms with E-state index in [4.69, 9.17) is 0 Å². The molecule has 7 nitrogen and oxygen atoms in total. The van der Waals surface area contributed by atoms with Crippen molar-refractivity contribution in [3.8, 4) is 22.8 Å². The number of hydrogen-bond donors (Lipinski definition) is 1. The van der Waals surface area contributed by atoms with Crippen LogP contribution >= 0.6 is 0 Å². The molecule has 1 aromatic carbocycles. The zero-order valence-electron chi connectivity index (χ0n) is 10.2. The highest BCUT2D eigenvalue weighted by Crippen LogP contribution is 2.21. The fraction of sp³-hybridized carbons (Fsp3) is 0. The van der Waals surface area contributed by atoms with Crippen LogP contribution in [0.4, 0.5) is 5.69 Å². The van der Waals surface area contributed by atoms with Gasteiger partial charge in [0.1, 0.15) is 0 Å². The Morgan fingerprint density at radius 2 is 1.90 bits per heavy atom. The van der Waals surface area contributed by atoms with Crippen LogP contribution in [0.1, 0.15) is 0 Å². The Morgan fingerprint density at radius 3 is 2.55 bits per heavy atom. The van der Waals surface area contributed by atoms with Gasteiger partial charge in [0.15, 0.2) is 11.6 Å². The highest BCUT2D eigenvalue weighted by molar-refractivity contribution is 5.61. The van der Waals surface area contributed by atoms with Crippen LogP contribution in [0, 0.1) is 10.1 Å². The predicted octanol–water partition coefficient (Wildman–Crippen LogP) is 2.44. The number of non-ortho nitro benzene ring substituents is 1. The molecule has 0 fully saturated rings. The molecule has 2 aromatic heterocycles. The number of rotatable bonds is 3. The molecule has 0 saturated carbocycles. The minimum absolute atomic E-state index is 0.0424. The molecule has 0 radical (unpaired) electrons. The molecule has 0 aliphatic rings. The number of pyridine rings is 1.